The Bertz CT molecular complexity index is 830. The third-order valence-corrected chi connectivity index (χ3v) is 5.56. The fourth-order valence-electron chi connectivity index (χ4n) is 3.61. The van der Waals surface area contributed by atoms with Gasteiger partial charge < -0.3 is 14.6 Å². The summed E-state index contributed by atoms with van der Waals surface area (Å²) in [5.74, 6) is -0.227. The fraction of sp³-hybridized carbons (Fsp3) is 0.391. The molecule has 0 aromatic heterocycles. The van der Waals surface area contributed by atoms with Gasteiger partial charge in [0.05, 0.1) is 13.2 Å². The van der Waals surface area contributed by atoms with E-state index in [1.807, 2.05) is 48.5 Å². The number of halogens is 1. The Labute approximate surface area is 181 Å². The number of carbonyl (C=O) groups is 2. The highest BCUT2D eigenvalue weighted by Gasteiger charge is 2.22. The lowest BCUT2D eigenvalue weighted by Crippen LogP contribution is -2.25. The zero-order valence-electron chi connectivity index (χ0n) is 16.7. The van der Waals surface area contributed by atoms with Crippen LogP contribution in [0, 0.1) is 11.8 Å². The van der Waals surface area contributed by atoms with E-state index >= 15 is 0 Å². The molecule has 0 radical (unpaired) electrons. The summed E-state index contributed by atoms with van der Waals surface area (Å²) in [5, 5.41) is 12.1. The summed E-state index contributed by atoms with van der Waals surface area (Å²) >= 11 is 5.92. The molecule has 0 aliphatic heterocycles. The van der Waals surface area contributed by atoms with Crippen molar-refractivity contribution in [2.75, 3.05) is 25.1 Å². The van der Waals surface area contributed by atoms with E-state index in [0.717, 1.165) is 36.8 Å². The van der Waals surface area contributed by atoms with E-state index in [1.54, 1.807) is 0 Å². The van der Waals surface area contributed by atoms with Crippen LogP contribution >= 0.6 is 11.6 Å². The Kier molecular flexibility index (Phi) is 8.11. The Hall–Kier alpha value is -2.57. The Morgan fingerprint density at radius 3 is 2.00 bits per heavy atom. The van der Waals surface area contributed by atoms with Gasteiger partial charge in [-0.25, -0.2) is 9.59 Å². The first-order valence-electron chi connectivity index (χ1n) is 10.1. The van der Waals surface area contributed by atoms with Crippen LogP contribution < -0.4 is 5.32 Å². The molecular weight excluding hydrogens is 406 g/mol. The minimum Gasteiger partial charge on any atom is -0.480 e. The minimum atomic E-state index is -0.942. The first-order chi connectivity index (χ1) is 14.5. The molecule has 1 fully saturated rings. The van der Waals surface area contributed by atoms with Gasteiger partial charge in [-0.1, -0.05) is 35.9 Å². The second-order valence-corrected chi connectivity index (χ2v) is 8.04. The highest BCUT2D eigenvalue weighted by atomic mass is 35.5. The van der Waals surface area contributed by atoms with Gasteiger partial charge in [0.25, 0.3) is 0 Å². The topological polar surface area (TPSA) is 84.9 Å². The molecule has 6 nitrogen and oxygen atoms in total. The highest BCUT2D eigenvalue weighted by Crippen LogP contribution is 2.29. The molecule has 0 saturated heterocycles. The van der Waals surface area contributed by atoms with E-state index < -0.39 is 12.1 Å². The summed E-state index contributed by atoms with van der Waals surface area (Å²) in [6.45, 7) is 0.619. The van der Waals surface area contributed by atoms with Gasteiger partial charge >= 0.3 is 12.1 Å². The molecular formula is C23H26ClNO5. The summed E-state index contributed by atoms with van der Waals surface area (Å²) in [6, 6.07) is 15.1. The van der Waals surface area contributed by atoms with Crippen LogP contribution in [0.25, 0.3) is 11.1 Å². The SMILES string of the molecule is O=C(O)COC[C@H]1CC[C@H](COC(=O)Nc2ccc(-c3ccc(Cl)cc3)cc2)CC1. The van der Waals surface area contributed by atoms with E-state index in [-0.39, 0.29) is 6.61 Å². The number of carboxylic acid groups (broad SMARTS) is 1. The van der Waals surface area contributed by atoms with Gasteiger partial charge in [0, 0.05) is 10.7 Å². The maximum atomic E-state index is 12.1. The van der Waals surface area contributed by atoms with E-state index in [0.29, 0.717) is 35.8 Å². The van der Waals surface area contributed by atoms with Gasteiger partial charge in [-0.2, -0.15) is 0 Å². The third-order valence-electron chi connectivity index (χ3n) is 5.30. The van der Waals surface area contributed by atoms with Gasteiger partial charge in [-0.3, -0.25) is 5.32 Å². The molecule has 1 aliphatic rings. The second-order valence-electron chi connectivity index (χ2n) is 7.60. The molecule has 2 aromatic carbocycles. The molecule has 1 amide bonds. The summed E-state index contributed by atoms with van der Waals surface area (Å²) < 4.78 is 10.6. The van der Waals surface area contributed by atoms with Gasteiger partial charge in [-0.05, 0) is 72.9 Å². The normalized spacial score (nSPS) is 18.6. The molecule has 7 heteroatoms. The van der Waals surface area contributed by atoms with Crippen LogP contribution in [0.2, 0.25) is 5.02 Å². The van der Waals surface area contributed by atoms with Crippen LogP contribution in [0.1, 0.15) is 25.7 Å². The van der Waals surface area contributed by atoms with Crippen LogP contribution in [0.3, 0.4) is 0 Å². The van der Waals surface area contributed by atoms with Crippen molar-refractivity contribution in [2.45, 2.75) is 25.7 Å². The van der Waals surface area contributed by atoms with Crippen molar-refractivity contribution >= 4 is 29.4 Å². The molecule has 2 N–H and O–H groups in total. The average Bonchev–Trinajstić information content (AvgIpc) is 2.74. The van der Waals surface area contributed by atoms with Crippen molar-refractivity contribution in [1.82, 2.24) is 0 Å². The molecule has 30 heavy (non-hydrogen) atoms. The summed E-state index contributed by atoms with van der Waals surface area (Å²) in [5.41, 5.74) is 2.77. The molecule has 0 bridgehead atoms. The van der Waals surface area contributed by atoms with Gasteiger partial charge in [0.15, 0.2) is 0 Å². The van der Waals surface area contributed by atoms with Crippen molar-refractivity contribution in [2.24, 2.45) is 11.8 Å². The number of carboxylic acids is 1. The number of nitrogens with one attached hydrogen (secondary N) is 1. The lowest BCUT2D eigenvalue weighted by Gasteiger charge is -2.27. The maximum Gasteiger partial charge on any atom is 0.411 e. The molecule has 0 unspecified atom stereocenters. The number of benzene rings is 2. The first kappa shape index (κ1) is 22.1. The van der Waals surface area contributed by atoms with E-state index in [2.05, 4.69) is 5.32 Å². The standard InChI is InChI=1S/C23H26ClNO5/c24-20-9-5-18(6-10-20)19-7-11-21(12-8-19)25-23(28)30-14-17-3-1-16(2-4-17)13-29-15-22(26)27/h5-12,16-17H,1-4,13-15H2,(H,25,28)(H,26,27)/t16-,17-. The minimum absolute atomic E-state index is 0.246. The van der Waals surface area contributed by atoms with Gasteiger partial charge in [0.2, 0.25) is 0 Å². The van der Waals surface area contributed by atoms with Crippen molar-refractivity contribution in [3.05, 3.63) is 53.6 Å². The van der Waals surface area contributed by atoms with Gasteiger partial charge in [0.1, 0.15) is 6.61 Å². The zero-order valence-corrected chi connectivity index (χ0v) is 17.4. The van der Waals surface area contributed by atoms with E-state index in [4.69, 9.17) is 26.2 Å². The molecule has 2 aromatic rings. The Balaban J connectivity index is 1.37. The monoisotopic (exact) mass is 431 g/mol. The van der Waals surface area contributed by atoms with Crippen molar-refractivity contribution < 1.29 is 24.2 Å². The number of anilines is 1. The van der Waals surface area contributed by atoms with E-state index in [9.17, 15) is 9.59 Å². The lowest BCUT2D eigenvalue weighted by atomic mass is 9.83. The number of amides is 1. The predicted molar refractivity (Wildman–Crippen MR) is 116 cm³/mol. The highest BCUT2D eigenvalue weighted by molar-refractivity contribution is 6.30. The summed E-state index contributed by atoms with van der Waals surface area (Å²) in [6.07, 6.45) is 3.36. The first-order valence-corrected chi connectivity index (χ1v) is 10.5. The fourth-order valence-corrected chi connectivity index (χ4v) is 3.74. The second kappa shape index (κ2) is 11.0. The maximum absolute atomic E-state index is 12.1. The number of hydrogen-bond donors (Lipinski definition) is 2. The molecule has 160 valence electrons. The van der Waals surface area contributed by atoms with Gasteiger partial charge in [-0.15, -0.1) is 0 Å². The zero-order chi connectivity index (χ0) is 21.3. The molecule has 3 rings (SSSR count). The van der Waals surface area contributed by atoms with Crippen LogP contribution in [-0.2, 0) is 14.3 Å². The average molecular weight is 432 g/mol. The molecule has 0 heterocycles. The van der Waals surface area contributed by atoms with Crippen LogP contribution in [-0.4, -0.2) is 37.0 Å². The number of carbonyl (C=O) groups excluding carboxylic acids is 1. The lowest BCUT2D eigenvalue weighted by molar-refractivity contribution is -0.142. The summed E-state index contributed by atoms with van der Waals surface area (Å²) in [7, 11) is 0. The Morgan fingerprint density at radius 2 is 1.43 bits per heavy atom. The number of rotatable bonds is 8. The van der Waals surface area contributed by atoms with E-state index in [1.165, 1.54) is 0 Å². The molecule has 0 atom stereocenters. The summed E-state index contributed by atoms with van der Waals surface area (Å²) in [4.78, 5) is 22.6. The number of ether oxygens (including phenoxy) is 2. The third kappa shape index (κ3) is 7.04. The quantitative estimate of drug-likeness (QED) is 0.579. The van der Waals surface area contributed by atoms with Crippen LogP contribution in [0.4, 0.5) is 10.5 Å². The molecule has 1 aliphatic carbocycles. The Morgan fingerprint density at radius 1 is 0.900 bits per heavy atom. The van der Waals surface area contributed by atoms with Crippen molar-refractivity contribution in [3.8, 4) is 11.1 Å². The van der Waals surface area contributed by atoms with Crippen LogP contribution in [0.5, 0.6) is 0 Å². The number of aliphatic carboxylic acids is 1. The van der Waals surface area contributed by atoms with Crippen molar-refractivity contribution in [3.63, 3.8) is 0 Å². The molecule has 1 saturated carbocycles. The predicted octanol–water partition coefficient (Wildman–Crippen LogP) is 5.46. The smallest absolute Gasteiger partial charge is 0.411 e. The van der Waals surface area contributed by atoms with Crippen LogP contribution in [0.15, 0.2) is 48.5 Å². The largest absolute Gasteiger partial charge is 0.480 e. The molecule has 0 spiro atoms. The van der Waals surface area contributed by atoms with Crippen molar-refractivity contribution in [1.29, 1.82) is 0 Å². The number of hydrogen-bond acceptors (Lipinski definition) is 4.